The summed E-state index contributed by atoms with van der Waals surface area (Å²) >= 11 is 0. The zero-order valence-corrected chi connectivity index (χ0v) is 14.0. The van der Waals surface area contributed by atoms with Gasteiger partial charge < -0.3 is 9.80 Å². The van der Waals surface area contributed by atoms with Crippen LogP contribution in [0.25, 0.3) is 5.82 Å². The summed E-state index contributed by atoms with van der Waals surface area (Å²) in [4.78, 5) is 25.0. The Hall–Kier alpha value is -2.44. The number of carbonyl (C=O) groups is 1. The lowest BCUT2D eigenvalue weighted by Crippen LogP contribution is -2.43. The molecular weight excluding hydrogens is 292 g/mol. The number of hydrogen-bond donors (Lipinski definition) is 0. The second kappa shape index (κ2) is 5.98. The van der Waals surface area contributed by atoms with Gasteiger partial charge in [-0.2, -0.15) is 5.10 Å². The topological polar surface area (TPSA) is 67.2 Å². The number of rotatable bonds is 3. The first-order valence-electron chi connectivity index (χ1n) is 7.81. The number of aryl methyl sites for hydroxylation is 2. The van der Waals surface area contributed by atoms with E-state index in [0.717, 1.165) is 36.6 Å². The van der Waals surface area contributed by atoms with Gasteiger partial charge in [-0.3, -0.25) is 9.78 Å². The van der Waals surface area contributed by atoms with Crippen molar-refractivity contribution in [3.8, 4) is 5.82 Å². The van der Waals surface area contributed by atoms with E-state index in [1.54, 1.807) is 36.1 Å². The molecule has 2 aromatic heterocycles. The smallest absolute Gasteiger partial charge is 0.244 e. The summed E-state index contributed by atoms with van der Waals surface area (Å²) in [7, 11) is 3.58. The van der Waals surface area contributed by atoms with Crippen LogP contribution in [0.4, 0.5) is 5.82 Å². The maximum absolute atomic E-state index is 12.4. The molecule has 1 aliphatic rings. The molecule has 1 atom stereocenters. The molecule has 7 heteroatoms. The molecule has 0 aromatic carbocycles. The minimum absolute atomic E-state index is 0.112. The zero-order chi connectivity index (χ0) is 16.6. The molecular formula is C16H22N6O. The Morgan fingerprint density at radius 3 is 2.65 bits per heavy atom. The van der Waals surface area contributed by atoms with Crippen molar-refractivity contribution in [2.45, 2.75) is 32.7 Å². The van der Waals surface area contributed by atoms with Gasteiger partial charge in [-0.05, 0) is 32.8 Å². The van der Waals surface area contributed by atoms with E-state index in [0.29, 0.717) is 5.82 Å². The Labute approximate surface area is 135 Å². The normalized spacial score (nSPS) is 17.6. The Bertz CT molecular complexity index is 723. The van der Waals surface area contributed by atoms with Crippen molar-refractivity contribution in [3.05, 3.63) is 29.8 Å². The Morgan fingerprint density at radius 2 is 2.00 bits per heavy atom. The van der Waals surface area contributed by atoms with Crippen LogP contribution in [-0.2, 0) is 4.79 Å². The van der Waals surface area contributed by atoms with Crippen LogP contribution in [0.5, 0.6) is 0 Å². The molecule has 1 aliphatic heterocycles. The van der Waals surface area contributed by atoms with Gasteiger partial charge in [-0.15, -0.1) is 0 Å². The van der Waals surface area contributed by atoms with Crippen molar-refractivity contribution in [2.24, 2.45) is 0 Å². The van der Waals surface area contributed by atoms with E-state index in [9.17, 15) is 4.79 Å². The zero-order valence-electron chi connectivity index (χ0n) is 14.0. The van der Waals surface area contributed by atoms with Gasteiger partial charge in [0.05, 0.1) is 18.1 Å². The van der Waals surface area contributed by atoms with Crippen LogP contribution in [0.1, 0.15) is 24.2 Å². The third-order valence-corrected chi connectivity index (χ3v) is 4.11. The Morgan fingerprint density at radius 1 is 1.26 bits per heavy atom. The molecule has 0 aliphatic carbocycles. The van der Waals surface area contributed by atoms with Gasteiger partial charge in [0.15, 0.2) is 5.82 Å². The van der Waals surface area contributed by atoms with Crippen LogP contribution >= 0.6 is 0 Å². The highest BCUT2D eigenvalue weighted by Crippen LogP contribution is 2.25. The minimum atomic E-state index is -0.157. The maximum Gasteiger partial charge on any atom is 0.244 e. The summed E-state index contributed by atoms with van der Waals surface area (Å²) < 4.78 is 1.78. The summed E-state index contributed by atoms with van der Waals surface area (Å²) in [5.41, 5.74) is 1.95. The summed E-state index contributed by atoms with van der Waals surface area (Å²) in [6.45, 7) is 4.76. The lowest BCUT2D eigenvalue weighted by molar-refractivity contribution is -0.129. The van der Waals surface area contributed by atoms with Crippen molar-refractivity contribution in [2.75, 3.05) is 25.5 Å². The number of nitrogens with zero attached hydrogens (tertiary/aromatic N) is 6. The standard InChI is InChI=1S/C16H22N6O/c1-11-8-12(2)22(19-11)15-10-17-9-14(18-15)21-7-5-6-13(21)16(23)20(3)4/h8-10,13H,5-7H2,1-4H3. The SMILES string of the molecule is Cc1cc(C)n(-c2cncc(N3CCCC3C(=O)N(C)C)n2)n1. The van der Waals surface area contributed by atoms with E-state index < -0.39 is 0 Å². The first kappa shape index (κ1) is 15.5. The van der Waals surface area contributed by atoms with E-state index in [-0.39, 0.29) is 11.9 Å². The van der Waals surface area contributed by atoms with Gasteiger partial charge in [0.2, 0.25) is 5.91 Å². The Kier molecular flexibility index (Phi) is 4.02. The highest BCUT2D eigenvalue weighted by atomic mass is 16.2. The van der Waals surface area contributed by atoms with Crippen molar-refractivity contribution >= 4 is 11.7 Å². The molecule has 0 spiro atoms. The number of likely N-dealkylation sites (N-methyl/N-ethyl adjacent to an activating group) is 1. The number of hydrogen-bond acceptors (Lipinski definition) is 5. The van der Waals surface area contributed by atoms with Gasteiger partial charge in [0.25, 0.3) is 0 Å². The van der Waals surface area contributed by atoms with Crippen LogP contribution in [0.2, 0.25) is 0 Å². The number of anilines is 1. The van der Waals surface area contributed by atoms with Crippen molar-refractivity contribution in [3.63, 3.8) is 0 Å². The van der Waals surface area contributed by atoms with Gasteiger partial charge >= 0.3 is 0 Å². The third-order valence-electron chi connectivity index (χ3n) is 4.11. The molecule has 1 saturated heterocycles. The third kappa shape index (κ3) is 2.91. The fourth-order valence-electron chi connectivity index (χ4n) is 3.04. The van der Waals surface area contributed by atoms with Crippen LogP contribution < -0.4 is 4.90 Å². The molecule has 0 radical (unpaired) electrons. The molecule has 1 fully saturated rings. The first-order valence-corrected chi connectivity index (χ1v) is 7.81. The number of carbonyl (C=O) groups excluding carboxylic acids is 1. The summed E-state index contributed by atoms with van der Waals surface area (Å²) in [6.07, 6.45) is 5.25. The van der Waals surface area contributed by atoms with Gasteiger partial charge in [0, 0.05) is 26.3 Å². The lowest BCUT2D eigenvalue weighted by atomic mass is 10.2. The van der Waals surface area contributed by atoms with Crippen LogP contribution in [0, 0.1) is 13.8 Å². The Balaban J connectivity index is 1.93. The van der Waals surface area contributed by atoms with Crippen LogP contribution in [-0.4, -0.2) is 57.2 Å². The first-order chi connectivity index (χ1) is 11.0. The fraction of sp³-hybridized carbons (Fsp3) is 0.500. The van der Waals surface area contributed by atoms with Crippen molar-refractivity contribution < 1.29 is 4.79 Å². The van der Waals surface area contributed by atoms with Crippen molar-refractivity contribution in [1.29, 1.82) is 0 Å². The highest BCUT2D eigenvalue weighted by molar-refractivity contribution is 5.85. The molecule has 1 amide bonds. The molecule has 122 valence electrons. The highest BCUT2D eigenvalue weighted by Gasteiger charge is 2.32. The van der Waals surface area contributed by atoms with E-state index >= 15 is 0 Å². The lowest BCUT2D eigenvalue weighted by Gasteiger charge is -2.27. The molecule has 0 bridgehead atoms. The predicted octanol–water partition coefficient (Wildman–Crippen LogP) is 1.34. The van der Waals surface area contributed by atoms with E-state index in [1.165, 1.54) is 0 Å². The molecule has 3 rings (SSSR count). The maximum atomic E-state index is 12.4. The second-order valence-electron chi connectivity index (χ2n) is 6.16. The average Bonchev–Trinajstić information content (AvgIpc) is 3.13. The monoisotopic (exact) mass is 314 g/mol. The van der Waals surface area contributed by atoms with E-state index in [1.807, 2.05) is 24.8 Å². The van der Waals surface area contributed by atoms with E-state index in [4.69, 9.17) is 0 Å². The molecule has 3 heterocycles. The fourth-order valence-corrected chi connectivity index (χ4v) is 3.04. The molecule has 0 saturated carbocycles. The second-order valence-corrected chi connectivity index (χ2v) is 6.16. The molecule has 23 heavy (non-hydrogen) atoms. The predicted molar refractivity (Wildman–Crippen MR) is 87.7 cm³/mol. The van der Waals surface area contributed by atoms with Gasteiger partial charge in [0.1, 0.15) is 11.9 Å². The molecule has 7 nitrogen and oxygen atoms in total. The number of aromatic nitrogens is 4. The van der Waals surface area contributed by atoms with Crippen LogP contribution in [0.3, 0.4) is 0 Å². The minimum Gasteiger partial charge on any atom is -0.347 e. The molecule has 0 N–H and O–H groups in total. The quantitative estimate of drug-likeness (QED) is 0.855. The van der Waals surface area contributed by atoms with Crippen molar-refractivity contribution in [1.82, 2.24) is 24.6 Å². The molecule has 2 aromatic rings. The van der Waals surface area contributed by atoms with Gasteiger partial charge in [-0.25, -0.2) is 9.67 Å². The summed E-state index contributed by atoms with van der Waals surface area (Å²) in [5, 5.41) is 4.45. The molecule has 1 unspecified atom stereocenters. The summed E-state index contributed by atoms with van der Waals surface area (Å²) in [6, 6.07) is 1.85. The largest absolute Gasteiger partial charge is 0.347 e. The van der Waals surface area contributed by atoms with Gasteiger partial charge in [-0.1, -0.05) is 0 Å². The van der Waals surface area contributed by atoms with E-state index in [2.05, 4.69) is 15.1 Å². The van der Waals surface area contributed by atoms with Crippen LogP contribution in [0.15, 0.2) is 18.5 Å². The average molecular weight is 314 g/mol. The number of amides is 1. The summed E-state index contributed by atoms with van der Waals surface area (Å²) in [5.74, 6) is 1.52.